The quantitative estimate of drug-likeness (QED) is 0.335. The molecule has 1 aliphatic heterocycles. The summed E-state index contributed by atoms with van der Waals surface area (Å²) in [6, 6.07) is 3.34. The van der Waals surface area contributed by atoms with Crippen LogP contribution in [0.1, 0.15) is 23.6 Å². The van der Waals surface area contributed by atoms with Gasteiger partial charge < -0.3 is 19.5 Å². The van der Waals surface area contributed by atoms with Crippen LogP contribution in [0.15, 0.2) is 40.2 Å². The number of methoxy groups -OCH3 is 2. The predicted molar refractivity (Wildman–Crippen MR) is 147 cm³/mol. The van der Waals surface area contributed by atoms with Gasteiger partial charge in [-0.25, -0.2) is 13.8 Å². The van der Waals surface area contributed by atoms with Gasteiger partial charge >= 0.3 is 5.69 Å². The molecular formula is C26H31FN6O6S. The van der Waals surface area contributed by atoms with Crippen molar-refractivity contribution < 1.29 is 23.8 Å². The summed E-state index contributed by atoms with van der Waals surface area (Å²) in [5, 5.41) is 17.2. The summed E-state index contributed by atoms with van der Waals surface area (Å²) >= 11 is 1.22. The van der Waals surface area contributed by atoms with Crippen LogP contribution in [0.4, 0.5) is 4.39 Å². The topological polar surface area (TPSA) is 134 Å². The van der Waals surface area contributed by atoms with Gasteiger partial charge in [0.1, 0.15) is 27.4 Å². The normalized spacial score (nSPS) is 15.0. The Bertz CT molecular complexity index is 1610. The number of aromatic nitrogens is 5. The van der Waals surface area contributed by atoms with E-state index in [2.05, 4.69) is 14.9 Å². The number of halogens is 1. The van der Waals surface area contributed by atoms with E-state index in [1.54, 1.807) is 21.1 Å². The van der Waals surface area contributed by atoms with Gasteiger partial charge in [0.15, 0.2) is 0 Å². The molecule has 1 aromatic carbocycles. The third-order valence-electron chi connectivity index (χ3n) is 6.67. The maximum absolute atomic E-state index is 13.9. The number of aryl methyl sites for hydroxylation is 3. The summed E-state index contributed by atoms with van der Waals surface area (Å²) < 4.78 is 26.3. The molecule has 0 spiro atoms. The minimum atomic E-state index is -0.870. The average Bonchev–Trinajstić information content (AvgIpc) is 3.66. The first-order chi connectivity index (χ1) is 19.2. The second kappa shape index (κ2) is 12.5. The van der Waals surface area contributed by atoms with Gasteiger partial charge in [-0.05, 0) is 43.5 Å². The summed E-state index contributed by atoms with van der Waals surface area (Å²) in [5.74, 6) is -0.189. The maximum Gasteiger partial charge on any atom is 0.332 e. The first-order valence-corrected chi connectivity index (χ1v) is 13.4. The van der Waals surface area contributed by atoms with Crippen LogP contribution in [-0.2, 0) is 22.5 Å². The zero-order valence-electron chi connectivity index (χ0n) is 22.7. The summed E-state index contributed by atoms with van der Waals surface area (Å²) in [6.45, 7) is 2.95. The van der Waals surface area contributed by atoms with E-state index in [4.69, 9.17) is 9.84 Å². The molecular weight excluding hydrogens is 543 g/mol. The molecule has 1 fully saturated rings. The second-order valence-electron chi connectivity index (χ2n) is 9.13. The number of nitrogens with zero attached hydrogens (tertiary/aromatic N) is 6. The molecule has 0 bridgehead atoms. The van der Waals surface area contributed by atoms with Crippen LogP contribution in [-0.4, -0.2) is 81.1 Å². The number of hydrogen-bond acceptors (Lipinski definition) is 9. The second-order valence-corrected chi connectivity index (χ2v) is 10.1. The molecule has 1 amide bonds. The zero-order chi connectivity index (χ0) is 29.0. The fourth-order valence-electron chi connectivity index (χ4n) is 4.65. The number of aliphatic hydroxyl groups is 1. The zero-order valence-corrected chi connectivity index (χ0v) is 23.5. The smallest absolute Gasteiger partial charge is 0.332 e. The van der Waals surface area contributed by atoms with E-state index < -0.39 is 23.1 Å². The highest BCUT2D eigenvalue weighted by Gasteiger charge is 2.34. The lowest BCUT2D eigenvalue weighted by Crippen LogP contribution is -2.44. The molecule has 14 heteroatoms. The third kappa shape index (κ3) is 5.55. The summed E-state index contributed by atoms with van der Waals surface area (Å²) in [5.41, 5.74) is 0.123. The van der Waals surface area contributed by atoms with Gasteiger partial charge in [-0.15, -0.1) is 4.80 Å². The highest BCUT2D eigenvalue weighted by Crippen LogP contribution is 2.31. The molecule has 4 heterocycles. The van der Waals surface area contributed by atoms with Crippen molar-refractivity contribution in [2.75, 3.05) is 41.0 Å². The minimum absolute atomic E-state index is 0.122. The van der Waals surface area contributed by atoms with Crippen LogP contribution in [0.5, 0.6) is 5.75 Å². The number of benzene rings is 1. The fourth-order valence-corrected chi connectivity index (χ4v) is 5.88. The van der Waals surface area contributed by atoms with Crippen LogP contribution >= 0.6 is 11.3 Å². The van der Waals surface area contributed by atoms with E-state index in [-0.39, 0.29) is 25.5 Å². The molecule has 1 atom stereocenters. The van der Waals surface area contributed by atoms with Crippen molar-refractivity contribution in [3.05, 3.63) is 68.4 Å². The van der Waals surface area contributed by atoms with Crippen molar-refractivity contribution in [3.8, 4) is 10.8 Å². The maximum atomic E-state index is 13.9. The first kappa shape index (κ1) is 29.1. The standard InChI is InChI=1S/C23H23FN6O4S.C3H8O2/c1-13-18-20(32)29(16-7-10-27(2)19(16)31)23(33)28(22(18)35-21(13)30-25-8-9-26-30)11-6-14-12-15(24)4-5-17(14)34-3;1-5-3-2-4/h4-5,8-9,12,16H,6-7,10-11H2,1-3H3;4H,2-3H2,1H3. The monoisotopic (exact) mass is 574 g/mol. The van der Waals surface area contributed by atoms with E-state index in [0.717, 1.165) is 4.57 Å². The Balaban J connectivity index is 0.000000681. The number of aliphatic hydroxyl groups excluding tert-OH is 1. The van der Waals surface area contributed by atoms with Crippen molar-refractivity contribution in [1.82, 2.24) is 29.0 Å². The van der Waals surface area contributed by atoms with E-state index in [9.17, 15) is 18.8 Å². The van der Waals surface area contributed by atoms with E-state index >= 15 is 0 Å². The summed E-state index contributed by atoms with van der Waals surface area (Å²) in [4.78, 5) is 43.5. The van der Waals surface area contributed by atoms with Crippen LogP contribution in [0.2, 0.25) is 0 Å². The number of thiophene rings is 1. The molecule has 3 aromatic heterocycles. The largest absolute Gasteiger partial charge is 0.496 e. The number of carbonyl (C=O) groups is 1. The number of hydrogen-bond donors (Lipinski definition) is 1. The van der Waals surface area contributed by atoms with E-state index in [1.807, 2.05) is 0 Å². The van der Waals surface area contributed by atoms with Crippen molar-refractivity contribution in [2.45, 2.75) is 32.4 Å². The molecule has 5 rings (SSSR count). The Labute approximate surface area is 232 Å². The van der Waals surface area contributed by atoms with E-state index in [1.165, 1.54) is 63.3 Å². The summed E-state index contributed by atoms with van der Waals surface area (Å²) in [7, 11) is 4.70. The Morgan fingerprint density at radius 1 is 1.18 bits per heavy atom. The molecule has 0 saturated carbocycles. The average molecular weight is 575 g/mol. The Morgan fingerprint density at radius 2 is 1.90 bits per heavy atom. The van der Waals surface area contributed by atoms with Gasteiger partial charge in [-0.1, -0.05) is 11.3 Å². The number of ether oxygens (including phenoxy) is 2. The molecule has 214 valence electrons. The lowest BCUT2D eigenvalue weighted by atomic mass is 10.1. The predicted octanol–water partition coefficient (Wildman–Crippen LogP) is 1.53. The molecule has 0 radical (unpaired) electrons. The highest BCUT2D eigenvalue weighted by atomic mass is 32.1. The van der Waals surface area contributed by atoms with Crippen molar-refractivity contribution in [3.63, 3.8) is 0 Å². The number of carbonyl (C=O) groups excluding carboxylic acids is 1. The molecule has 4 aromatic rings. The molecule has 0 aliphatic carbocycles. The SMILES string of the molecule is COCCO.COc1ccc(F)cc1CCn1c(=O)n(C2CCN(C)C2=O)c(=O)c2c(C)c(-n3nccn3)sc21. The van der Waals surface area contributed by atoms with Crippen LogP contribution < -0.4 is 16.0 Å². The molecule has 40 heavy (non-hydrogen) atoms. The van der Waals surface area contributed by atoms with Crippen LogP contribution in [0.3, 0.4) is 0 Å². The molecule has 1 N–H and O–H groups in total. The third-order valence-corrected chi connectivity index (χ3v) is 7.95. The number of rotatable bonds is 8. The van der Waals surface area contributed by atoms with Gasteiger partial charge in [0.25, 0.3) is 5.56 Å². The number of likely N-dealkylation sites (N-methyl/N-ethyl adjacent to an activating group) is 1. The lowest BCUT2D eigenvalue weighted by Gasteiger charge is -2.17. The first-order valence-electron chi connectivity index (χ1n) is 12.6. The van der Waals surface area contributed by atoms with Gasteiger partial charge in [-0.2, -0.15) is 10.2 Å². The molecule has 1 aliphatic rings. The molecule has 1 saturated heterocycles. The van der Waals surface area contributed by atoms with Gasteiger partial charge in [-0.3, -0.25) is 14.2 Å². The Morgan fingerprint density at radius 3 is 2.48 bits per heavy atom. The van der Waals surface area contributed by atoms with Crippen molar-refractivity contribution in [1.29, 1.82) is 0 Å². The van der Waals surface area contributed by atoms with Gasteiger partial charge in [0.05, 0.1) is 38.1 Å². The number of amides is 1. The van der Waals surface area contributed by atoms with E-state index in [0.29, 0.717) is 51.7 Å². The van der Waals surface area contributed by atoms with Crippen LogP contribution in [0.25, 0.3) is 15.2 Å². The lowest BCUT2D eigenvalue weighted by molar-refractivity contribution is -0.129. The molecule has 12 nitrogen and oxygen atoms in total. The number of fused-ring (bicyclic) bond motifs is 1. The fraction of sp³-hybridized carbons (Fsp3) is 0.423. The van der Waals surface area contributed by atoms with Crippen LogP contribution in [0, 0.1) is 12.7 Å². The summed E-state index contributed by atoms with van der Waals surface area (Å²) in [6.07, 6.45) is 3.69. The Kier molecular flexibility index (Phi) is 9.12. The van der Waals surface area contributed by atoms with Gasteiger partial charge in [0.2, 0.25) is 5.91 Å². The molecule has 1 unspecified atom stereocenters. The highest BCUT2D eigenvalue weighted by molar-refractivity contribution is 7.21. The minimum Gasteiger partial charge on any atom is -0.496 e. The van der Waals surface area contributed by atoms with Gasteiger partial charge in [0, 0.05) is 32.8 Å². The van der Waals surface area contributed by atoms with Crippen molar-refractivity contribution in [2.24, 2.45) is 0 Å². The number of likely N-dealkylation sites (tertiary alicyclic amines) is 1. The Hall–Kier alpha value is -3.88. The van der Waals surface area contributed by atoms with Crippen molar-refractivity contribution >= 4 is 27.5 Å².